The molecule has 2 aromatic carbocycles. The molecule has 2 N–H and O–H groups in total. The molecule has 0 bridgehead atoms. The number of carboxylic acid groups (broad SMARTS) is 1. The number of aromatic carboxylic acids is 1. The second-order valence-electron chi connectivity index (χ2n) is 6.40. The van der Waals surface area contributed by atoms with Crippen molar-refractivity contribution < 1.29 is 27.9 Å². The van der Waals surface area contributed by atoms with Gasteiger partial charge in [-0.15, -0.1) is 0 Å². The van der Waals surface area contributed by atoms with E-state index in [0.29, 0.717) is 4.31 Å². The fourth-order valence-electron chi connectivity index (χ4n) is 3.02. The molecule has 1 heterocycles. The zero-order chi connectivity index (χ0) is 20.5. The van der Waals surface area contributed by atoms with Crippen molar-refractivity contribution in [2.24, 2.45) is 0 Å². The summed E-state index contributed by atoms with van der Waals surface area (Å²) < 4.78 is 26.5. The van der Waals surface area contributed by atoms with Crippen molar-refractivity contribution in [2.45, 2.75) is 30.7 Å². The summed E-state index contributed by atoms with van der Waals surface area (Å²) in [4.78, 5) is 36.2. The zero-order valence-corrected chi connectivity index (χ0v) is 15.8. The molecule has 3 rings (SSSR count). The summed E-state index contributed by atoms with van der Waals surface area (Å²) in [5.41, 5.74) is 0.756. The molecule has 9 heteroatoms. The molecule has 8 nitrogen and oxygen atoms in total. The van der Waals surface area contributed by atoms with Crippen molar-refractivity contribution in [1.29, 1.82) is 0 Å². The fourth-order valence-corrected chi connectivity index (χ4v) is 4.62. The highest BCUT2D eigenvalue weighted by atomic mass is 32.2. The van der Waals surface area contributed by atoms with Crippen molar-refractivity contribution in [3.05, 3.63) is 59.7 Å². The van der Waals surface area contributed by atoms with Gasteiger partial charge in [0.05, 0.1) is 16.1 Å². The largest absolute Gasteiger partial charge is 0.478 e. The second kappa shape index (κ2) is 7.43. The smallest absolute Gasteiger partial charge is 0.337 e. The van der Waals surface area contributed by atoms with Crippen molar-refractivity contribution in [3.8, 4) is 0 Å². The molecule has 1 aliphatic heterocycles. The number of rotatable bonds is 5. The van der Waals surface area contributed by atoms with Crippen LogP contribution >= 0.6 is 0 Å². The van der Waals surface area contributed by atoms with Crippen molar-refractivity contribution in [1.82, 2.24) is 4.31 Å². The number of aryl methyl sites for hydroxylation is 1. The molecule has 1 aliphatic rings. The number of carbonyl (C=O) groups excluding carboxylic acids is 2. The molecule has 0 aromatic heterocycles. The van der Waals surface area contributed by atoms with Gasteiger partial charge in [-0.3, -0.25) is 9.59 Å². The van der Waals surface area contributed by atoms with Gasteiger partial charge in [0.15, 0.2) is 0 Å². The highest BCUT2D eigenvalue weighted by Crippen LogP contribution is 2.28. The van der Waals surface area contributed by atoms with Gasteiger partial charge >= 0.3 is 5.97 Å². The van der Waals surface area contributed by atoms with Crippen LogP contribution in [0.3, 0.4) is 0 Å². The SMILES string of the molecule is Cc1ccc(S(=O)(=O)N2C(=O)CCC2C(=O)Nc2ccccc2C(=O)O)cc1. The number of benzene rings is 2. The van der Waals surface area contributed by atoms with E-state index < -0.39 is 33.8 Å². The number of para-hydroxylation sites is 1. The Labute approximate surface area is 161 Å². The first-order valence-electron chi connectivity index (χ1n) is 8.49. The van der Waals surface area contributed by atoms with Crippen LogP contribution in [0.15, 0.2) is 53.4 Å². The third-order valence-electron chi connectivity index (χ3n) is 4.46. The van der Waals surface area contributed by atoms with E-state index in [1.807, 2.05) is 0 Å². The minimum atomic E-state index is -4.21. The molecule has 0 aliphatic carbocycles. The van der Waals surface area contributed by atoms with E-state index in [4.69, 9.17) is 0 Å². The number of sulfonamides is 1. The fraction of sp³-hybridized carbons (Fsp3) is 0.211. The first-order chi connectivity index (χ1) is 13.2. The summed E-state index contributed by atoms with van der Waals surface area (Å²) in [7, 11) is -4.21. The van der Waals surface area contributed by atoms with E-state index >= 15 is 0 Å². The van der Waals surface area contributed by atoms with E-state index in [2.05, 4.69) is 5.32 Å². The number of hydrogen-bond acceptors (Lipinski definition) is 5. The highest BCUT2D eigenvalue weighted by Gasteiger charge is 2.44. The van der Waals surface area contributed by atoms with Crippen LogP contribution in [0.4, 0.5) is 5.69 Å². The molecule has 0 radical (unpaired) electrons. The summed E-state index contributed by atoms with van der Waals surface area (Å²) in [6.45, 7) is 1.80. The molecule has 0 spiro atoms. The predicted molar refractivity (Wildman–Crippen MR) is 100 cm³/mol. The lowest BCUT2D eigenvalue weighted by Gasteiger charge is -2.24. The van der Waals surface area contributed by atoms with E-state index in [1.165, 1.54) is 30.3 Å². The number of hydrogen-bond donors (Lipinski definition) is 2. The van der Waals surface area contributed by atoms with Gasteiger partial charge < -0.3 is 10.4 Å². The number of carbonyl (C=O) groups is 3. The number of carboxylic acids is 1. The Morgan fingerprint density at radius 2 is 1.75 bits per heavy atom. The number of anilines is 1. The third-order valence-corrected chi connectivity index (χ3v) is 6.30. The van der Waals surface area contributed by atoms with Crippen LogP contribution in [0, 0.1) is 6.92 Å². The maximum absolute atomic E-state index is 12.9. The molecule has 146 valence electrons. The van der Waals surface area contributed by atoms with Gasteiger partial charge in [0.2, 0.25) is 11.8 Å². The Hall–Kier alpha value is -3.20. The van der Waals surface area contributed by atoms with Gasteiger partial charge in [-0.2, -0.15) is 0 Å². The molecule has 2 amide bonds. The molecule has 28 heavy (non-hydrogen) atoms. The van der Waals surface area contributed by atoms with Crippen LogP contribution in [0.25, 0.3) is 0 Å². The Bertz CT molecular complexity index is 1050. The van der Waals surface area contributed by atoms with Crippen molar-refractivity contribution in [3.63, 3.8) is 0 Å². The minimum absolute atomic E-state index is 0.0188. The van der Waals surface area contributed by atoms with Gasteiger partial charge in [0.25, 0.3) is 10.0 Å². The molecular formula is C19H18N2O6S. The molecule has 1 saturated heterocycles. The van der Waals surface area contributed by atoms with Crippen LogP contribution in [0.5, 0.6) is 0 Å². The molecule has 1 fully saturated rings. The average Bonchev–Trinajstić information content (AvgIpc) is 3.05. The molecule has 1 unspecified atom stereocenters. The molecular weight excluding hydrogens is 384 g/mol. The van der Waals surface area contributed by atoms with Crippen LogP contribution in [-0.4, -0.2) is 41.7 Å². The summed E-state index contributed by atoms with van der Waals surface area (Å²) in [6.07, 6.45) is -0.0747. The topological polar surface area (TPSA) is 121 Å². The summed E-state index contributed by atoms with van der Waals surface area (Å²) in [5.74, 6) is -2.66. The maximum atomic E-state index is 12.9. The van der Waals surface area contributed by atoms with Crippen molar-refractivity contribution >= 4 is 33.5 Å². The van der Waals surface area contributed by atoms with Crippen LogP contribution in [-0.2, 0) is 19.6 Å². The van der Waals surface area contributed by atoms with Gasteiger partial charge in [0, 0.05) is 6.42 Å². The summed E-state index contributed by atoms with van der Waals surface area (Å²) in [6, 6.07) is 10.5. The van der Waals surface area contributed by atoms with Crippen LogP contribution in [0.1, 0.15) is 28.8 Å². The first kappa shape index (κ1) is 19.6. The molecule has 2 aromatic rings. The van der Waals surface area contributed by atoms with E-state index in [1.54, 1.807) is 25.1 Å². The zero-order valence-electron chi connectivity index (χ0n) is 15.0. The lowest BCUT2D eigenvalue weighted by molar-refractivity contribution is -0.128. The Morgan fingerprint density at radius 3 is 2.39 bits per heavy atom. The van der Waals surface area contributed by atoms with Gasteiger partial charge in [-0.25, -0.2) is 17.5 Å². The van der Waals surface area contributed by atoms with E-state index in [9.17, 15) is 27.9 Å². The molecule has 1 atom stereocenters. The third kappa shape index (κ3) is 3.61. The Balaban J connectivity index is 1.91. The minimum Gasteiger partial charge on any atom is -0.478 e. The number of nitrogens with zero attached hydrogens (tertiary/aromatic N) is 1. The Morgan fingerprint density at radius 1 is 1.11 bits per heavy atom. The lowest BCUT2D eigenvalue weighted by atomic mass is 10.1. The quantitative estimate of drug-likeness (QED) is 0.789. The van der Waals surface area contributed by atoms with Gasteiger partial charge in [0.1, 0.15) is 6.04 Å². The average molecular weight is 402 g/mol. The predicted octanol–water partition coefficient (Wildman–Crippen LogP) is 2.01. The number of nitrogens with one attached hydrogen (secondary N) is 1. The monoisotopic (exact) mass is 402 g/mol. The normalized spacial score (nSPS) is 16.8. The first-order valence-corrected chi connectivity index (χ1v) is 9.93. The standard InChI is InChI=1S/C19H18N2O6S/c1-12-6-8-13(9-7-12)28(26,27)21-16(10-11-17(21)22)18(23)20-15-5-3-2-4-14(15)19(24)25/h2-9,16H,10-11H2,1H3,(H,20,23)(H,24,25). The van der Waals surface area contributed by atoms with Gasteiger partial charge in [-0.1, -0.05) is 29.8 Å². The van der Waals surface area contributed by atoms with Crippen LogP contribution < -0.4 is 5.32 Å². The summed E-state index contributed by atoms with van der Waals surface area (Å²) >= 11 is 0. The summed E-state index contributed by atoms with van der Waals surface area (Å²) in [5, 5.41) is 11.7. The second-order valence-corrected chi connectivity index (χ2v) is 8.22. The highest BCUT2D eigenvalue weighted by molar-refractivity contribution is 7.89. The maximum Gasteiger partial charge on any atom is 0.337 e. The van der Waals surface area contributed by atoms with Crippen molar-refractivity contribution in [2.75, 3.05) is 5.32 Å². The molecule has 0 saturated carbocycles. The Kier molecular flexibility index (Phi) is 5.19. The number of amides is 2. The lowest BCUT2D eigenvalue weighted by Crippen LogP contribution is -2.45. The van der Waals surface area contributed by atoms with Crippen LogP contribution in [0.2, 0.25) is 0 Å². The van der Waals surface area contributed by atoms with E-state index in [-0.39, 0.29) is 29.0 Å². The van der Waals surface area contributed by atoms with Gasteiger partial charge in [-0.05, 0) is 37.6 Å². The van der Waals surface area contributed by atoms with E-state index in [0.717, 1.165) is 5.56 Å².